The van der Waals surface area contributed by atoms with Gasteiger partial charge in [-0.15, -0.1) is 11.3 Å². The van der Waals surface area contributed by atoms with Gasteiger partial charge in [0.1, 0.15) is 10.9 Å². The fraction of sp³-hybridized carbons (Fsp3) is 0.500. The summed E-state index contributed by atoms with van der Waals surface area (Å²) in [5.74, 6) is -0.402. The summed E-state index contributed by atoms with van der Waals surface area (Å²) >= 11 is 1.51. The lowest BCUT2D eigenvalue weighted by molar-refractivity contribution is -0.147. The van der Waals surface area contributed by atoms with Gasteiger partial charge in [0, 0.05) is 4.88 Å². The highest BCUT2D eigenvalue weighted by Gasteiger charge is 2.19. The van der Waals surface area contributed by atoms with Crippen molar-refractivity contribution in [3.63, 3.8) is 0 Å². The Morgan fingerprint density at radius 1 is 1.50 bits per heavy atom. The van der Waals surface area contributed by atoms with Crippen LogP contribution in [0.15, 0.2) is 17.2 Å². The lowest BCUT2D eigenvalue weighted by Gasteiger charge is -2.13. The van der Waals surface area contributed by atoms with Crippen molar-refractivity contribution in [1.82, 2.24) is 9.55 Å². The molecule has 0 fully saturated rings. The zero-order valence-electron chi connectivity index (χ0n) is 11.9. The van der Waals surface area contributed by atoms with E-state index < -0.39 is 12.0 Å². The van der Waals surface area contributed by atoms with Gasteiger partial charge in [0.15, 0.2) is 0 Å². The third kappa shape index (κ3) is 2.75. The Bertz CT molecular complexity index is 675. The predicted molar refractivity (Wildman–Crippen MR) is 79.2 cm³/mol. The molecule has 108 valence electrons. The second-order valence-electron chi connectivity index (χ2n) is 4.59. The summed E-state index contributed by atoms with van der Waals surface area (Å²) in [4.78, 5) is 30.3. The van der Waals surface area contributed by atoms with E-state index in [4.69, 9.17) is 4.74 Å². The lowest BCUT2D eigenvalue weighted by atomic mass is 10.3. The van der Waals surface area contributed by atoms with Gasteiger partial charge in [0.25, 0.3) is 5.56 Å². The van der Waals surface area contributed by atoms with Crippen LogP contribution in [-0.4, -0.2) is 22.1 Å². The Kier molecular flexibility index (Phi) is 4.54. The third-order valence-electron chi connectivity index (χ3n) is 3.08. The summed E-state index contributed by atoms with van der Waals surface area (Å²) in [6.07, 6.45) is 3.06. The molecule has 0 N–H and O–H groups in total. The van der Waals surface area contributed by atoms with Gasteiger partial charge in [0.2, 0.25) is 0 Å². The number of nitrogens with zero attached hydrogens (tertiary/aromatic N) is 2. The minimum atomic E-state index is -0.657. The Morgan fingerprint density at radius 2 is 2.25 bits per heavy atom. The van der Waals surface area contributed by atoms with Crippen LogP contribution in [0.4, 0.5) is 0 Å². The van der Waals surface area contributed by atoms with Crippen LogP contribution in [0.25, 0.3) is 10.2 Å². The number of fused-ring (bicyclic) bond motifs is 1. The number of hydrogen-bond donors (Lipinski definition) is 0. The van der Waals surface area contributed by atoms with Crippen LogP contribution in [-0.2, 0) is 16.0 Å². The number of ether oxygens (including phenoxy) is 1. The molecule has 0 aliphatic rings. The van der Waals surface area contributed by atoms with E-state index in [0.717, 1.165) is 22.5 Å². The van der Waals surface area contributed by atoms with E-state index in [1.165, 1.54) is 22.2 Å². The summed E-state index contributed by atoms with van der Waals surface area (Å²) in [6, 6.07) is 1.20. The predicted octanol–water partition coefficient (Wildman–Crippen LogP) is 2.53. The molecule has 0 spiro atoms. The molecule has 0 saturated heterocycles. The molecule has 0 aliphatic carbocycles. The van der Waals surface area contributed by atoms with Gasteiger partial charge in [-0.2, -0.15) is 0 Å². The minimum Gasteiger partial charge on any atom is -0.464 e. The zero-order chi connectivity index (χ0) is 14.7. The van der Waals surface area contributed by atoms with E-state index in [2.05, 4.69) is 4.98 Å². The topological polar surface area (TPSA) is 61.2 Å². The quantitative estimate of drug-likeness (QED) is 0.795. The van der Waals surface area contributed by atoms with E-state index in [-0.39, 0.29) is 5.56 Å². The average molecular weight is 294 g/mol. The second kappa shape index (κ2) is 6.17. The maximum Gasteiger partial charge on any atom is 0.328 e. The van der Waals surface area contributed by atoms with Gasteiger partial charge in [-0.1, -0.05) is 13.8 Å². The number of thiophene rings is 1. The second-order valence-corrected chi connectivity index (χ2v) is 5.70. The molecule has 6 heteroatoms. The SMILES string of the molecule is CCCOC(=O)[C@H](C)n1cnc2sc(CC)cc2c1=O. The summed E-state index contributed by atoms with van der Waals surface area (Å²) in [5.41, 5.74) is -0.188. The largest absolute Gasteiger partial charge is 0.464 e. The molecule has 0 bridgehead atoms. The maximum absolute atomic E-state index is 12.4. The first-order valence-electron chi connectivity index (χ1n) is 6.74. The average Bonchev–Trinajstić information content (AvgIpc) is 2.88. The minimum absolute atomic E-state index is 0.188. The van der Waals surface area contributed by atoms with Crippen molar-refractivity contribution in [2.24, 2.45) is 0 Å². The number of carbonyl (C=O) groups is 1. The molecule has 2 aromatic rings. The van der Waals surface area contributed by atoms with Gasteiger partial charge < -0.3 is 4.74 Å². The van der Waals surface area contributed by atoms with E-state index in [1.54, 1.807) is 6.92 Å². The molecule has 1 atom stereocenters. The number of hydrogen-bond acceptors (Lipinski definition) is 5. The molecule has 0 saturated carbocycles. The van der Waals surface area contributed by atoms with Crippen molar-refractivity contribution in [1.29, 1.82) is 0 Å². The molecule has 0 amide bonds. The first kappa shape index (κ1) is 14.7. The smallest absolute Gasteiger partial charge is 0.328 e. The fourth-order valence-corrected chi connectivity index (χ4v) is 2.80. The Balaban J connectivity index is 2.37. The third-order valence-corrected chi connectivity index (χ3v) is 4.27. The molecule has 0 aromatic carbocycles. The number of aryl methyl sites for hydroxylation is 1. The highest BCUT2D eigenvalue weighted by Crippen LogP contribution is 2.21. The van der Waals surface area contributed by atoms with Crippen molar-refractivity contribution < 1.29 is 9.53 Å². The van der Waals surface area contributed by atoms with Crippen LogP contribution in [0.3, 0.4) is 0 Å². The van der Waals surface area contributed by atoms with E-state index in [9.17, 15) is 9.59 Å². The monoisotopic (exact) mass is 294 g/mol. The van der Waals surface area contributed by atoms with Gasteiger partial charge in [-0.25, -0.2) is 9.78 Å². The standard InChI is InChI=1S/C14H18N2O3S/c1-4-6-19-14(18)9(3)16-8-15-12-11(13(16)17)7-10(5-2)20-12/h7-9H,4-6H2,1-3H3/t9-/m0/s1. The van der Waals surface area contributed by atoms with Crippen molar-refractivity contribution in [3.05, 3.63) is 27.6 Å². The van der Waals surface area contributed by atoms with Crippen LogP contribution < -0.4 is 5.56 Å². The molecule has 2 heterocycles. The van der Waals surface area contributed by atoms with Crippen LogP contribution in [0, 0.1) is 0 Å². The fourth-order valence-electron chi connectivity index (χ4n) is 1.87. The molecule has 0 radical (unpaired) electrons. The van der Waals surface area contributed by atoms with E-state index in [0.29, 0.717) is 12.0 Å². The Labute approximate surface area is 121 Å². The van der Waals surface area contributed by atoms with Crippen molar-refractivity contribution >= 4 is 27.5 Å². The number of carbonyl (C=O) groups excluding carboxylic acids is 1. The van der Waals surface area contributed by atoms with Crippen molar-refractivity contribution in [2.45, 2.75) is 39.7 Å². The van der Waals surface area contributed by atoms with Crippen molar-refractivity contribution in [2.75, 3.05) is 6.61 Å². The summed E-state index contributed by atoms with van der Waals surface area (Å²) in [7, 11) is 0. The Hall–Kier alpha value is -1.69. The normalized spacial score (nSPS) is 12.6. The zero-order valence-corrected chi connectivity index (χ0v) is 12.7. The molecule has 2 aromatic heterocycles. The Morgan fingerprint density at radius 3 is 2.90 bits per heavy atom. The van der Waals surface area contributed by atoms with Gasteiger partial charge in [-0.05, 0) is 25.8 Å². The first-order chi connectivity index (χ1) is 9.58. The molecule has 2 rings (SSSR count). The van der Waals surface area contributed by atoms with Crippen LogP contribution in [0.5, 0.6) is 0 Å². The highest BCUT2D eigenvalue weighted by atomic mass is 32.1. The van der Waals surface area contributed by atoms with Crippen LogP contribution in [0.1, 0.15) is 38.1 Å². The lowest BCUT2D eigenvalue weighted by Crippen LogP contribution is -2.29. The maximum atomic E-state index is 12.4. The number of rotatable bonds is 5. The van der Waals surface area contributed by atoms with Gasteiger partial charge in [-0.3, -0.25) is 9.36 Å². The van der Waals surface area contributed by atoms with Crippen molar-refractivity contribution in [3.8, 4) is 0 Å². The molecule has 0 unspecified atom stereocenters. The molecule has 5 nitrogen and oxygen atoms in total. The molecular formula is C14H18N2O3S. The molecule has 20 heavy (non-hydrogen) atoms. The first-order valence-corrected chi connectivity index (χ1v) is 7.56. The van der Waals surface area contributed by atoms with Gasteiger partial charge in [0.05, 0.1) is 18.3 Å². The molecule has 0 aliphatic heterocycles. The van der Waals surface area contributed by atoms with Crippen LogP contribution >= 0.6 is 11.3 Å². The van der Waals surface area contributed by atoms with E-state index >= 15 is 0 Å². The number of esters is 1. The van der Waals surface area contributed by atoms with Crippen LogP contribution in [0.2, 0.25) is 0 Å². The highest BCUT2D eigenvalue weighted by molar-refractivity contribution is 7.18. The summed E-state index contributed by atoms with van der Waals surface area (Å²) < 4.78 is 6.42. The number of aromatic nitrogens is 2. The van der Waals surface area contributed by atoms with Gasteiger partial charge >= 0.3 is 5.97 Å². The molecular weight excluding hydrogens is 276 g/mol. The van der Waals surface area contributed by atoms with E-state index in [1.807, 2.05) is 19.9 Å². The summed E-state index contributed by atoms with van der Waals surface area (Å²) in [6.45, 7) is 5.98. The summed E-state index contributed by atoms with van der Waals surface area (Å²) in [5, 5.41) is 0.574.